The van der Waals surface area contributed by atoms with Crippen LogP contribution in [0.3, 0.4) is 0 Å². The smallest absolute Gasteiger partial charge is 0.417 e. The molecule has 0 saturated heterocycles. The van der Waals surface area contributed by atoms with E-state index in [1.165, 1.54) is 43.3 Å². The lowest BCUT2D eigenvalue weighted by Gasteiger charge is -2.01. The van der Waals surface area contributed by atoms with Gasteiger partial charge in [-0.25, -0.2) is 23.2 Å². The molecule has 0 aliphatic rings. The topological polar surface area (TPSA) is 130 Å². The average Bonchev–Trinajstić information content (AvgIpc) is 2.87. The van der Waals surface area contributed by atoms with Crippen molar-refractivity contribution in [1.82, 2.24) is 0 Å². The van der Waals surface area contributed by atoms with Gasteiger partial charge in [-0.1, -0.05) is 24.3 Å². The van der Waals surface area contributed by atoms with E-state index in [1.54, 1.807) is 32.9 Å². The van der Waals surface area contributed by atoms with E-state index in [4.69, 9.17) is 0 Å². The number of ketones is 3. The lowest BCUT2D eigenvalue weighted by molar-refractivity contribution is -0.167. The lowest BCUT2D eigenvalue weighted by Crippen LogP contribution is -2.21. The minimum absolute atomic E-state index is 0.00851. The Labute approximate surface area is 225 Å². The number of benzene rings is 2. The van der Waals surface area contributed by atoms with E-state index < -0.39 is 41.7 Å². The van der Waals surface area contributed by atoms with Crippen LogP contribution < -0.4 is 0 Å². The lowest BCUT2D eigenvalue weighted by atomic mass is 10.1. The van der Waals surface area contributed by atoms with Gasteiger partial charge in [-0.3, -0.25) is 14.4 Å². The van der Waals surface area contributed by atoms with E-state index in [0.717, 1.165) is 5.56 Å². The molecule has 0 radical (unpaired) electrons. The monoisotopic (exact) mass is 550 g/mol. The van der Waals surface area contributed by atoms with Gasteiger partial charge >= 0.3 is 17.9 Å². The van der Waals surface area contributed by atoms with Crippen LogP contribution >= 0.6 is 0 Å². The summed E-state index contributed by atoms with van der Waals surface area (Å²) in [5, 5.41) is 0. The van der Waals surface area contributed by atoms with Crippen LogP contribution in [0.15, 0.2) is 48.5 Å². The number of rotatable bonds is 10. The molecule has 0 fully saturated rings. The number of hydrogen-bond donors (Lipinski definition) is 0. The van der Waals surface area contributed by atoms with Crippen molar-refractivity contribution in [2.24, 2.45) is 0 Å². The number of hydrogen-bond acceptors (Lipinski definition) is 9. The molecule has 0 unspecified atom stereocenters. The molecule has 0 heterocycles. The maximum absolute atomic E-state index is 12.6. The largest absolute Gasteiger partial charge is 0.460 e. The van der Waals surface area contributed by atoms with Crippen LogP contribution in [0.25, 0.3) is 0 Å². The number of esters is 3. The van der Waals surface area contributed by atoms with Crippen molar-refractivity contribution in [3.63, 3.8) is 0 Å². The Morgan fingerprint density at radius 2 is 0.949 bits per heavy atom. The molecule has 212 valence electrons. The second-order valence-corrected chi connectivity index (χ2v) is 7.61. The highest BCUT2D eigenvalue weighted by Gasteiger charge is 2.19. The first kappa shape index (κ1) is 34.7. The zero-order chi connectivity index (χ0) is 29.8. The highest BCUT2D eigenvalue weighted by molar-refractivity contribution is 6.37. The van der Waals surface area contributed by atoms with E-state index in [9.17, 15) is 37.5 Å². The number of carbonyl (C=O) groups excluding carboxylic acids is 6. The summed E-state index contributed by atoms with van der Waals surface area (Å²) >= 11 is 0. The molecule has 0 saturated carbocycles. The number of Topliss-reactive ketones (excluding diaryl/α,β-unsaturated/α-hetero) is 3. The minimum Gasteiger partial charge on any atom is -0.460 e. The number of ether oxygens (including phenoxy) is 3. The van der Waals surface area contributed by atoms with Crippen LogP contribution in [-0.4, -0.2) is 55.1 Å². The molecule has 9 nitrogen and oxygen atoms in total. The molecule has 11 heteroatoms. The highest BCUT2D eigenvalue weighted by atomic mass is 19.1. The minimum atomic E-state index is -0.995. The molecular weight excluding hydrogens is 518 g/mol. The Kier molecular flexibility index (Phi) is 17.6. The van der Waals surface area contributed by atoms with Gasteiger partial charge in [-0.05, 0) is 63.1 Å². The van der Waals surface area contributed by atoms with Crippen LogP contribution in [0.4, 0.5) is 8.78 Å². The summed E-state index contributed by atoms with van der Waals surface area (Å²) in [5.41, 5.74) is 1.46. The highest BCUT2D eigenvalue weighted by Crippen LogP contribution is 2.06. The molecule has 2 aromatic rings. The Morgan fingerprint density at radius 1 is 0.590 bits per heavy atom. The molecule has 0 aliphatic carbocycles. The van der Waals surface area contributed by atoms with Gasteiger partial charge in [-0.2, -0.15) is 0 Å². The van der Waals surface area contributed by atoms with Crippen LogP contribution in [0.2, 0.25) is 0 Å². The first-order valence-electron chi connectivity index (χ1n) is 12.0. The molecule has 0 amide bonds. The SMILES string of the molecule is CC(=O)Cc1ccc(F)cc1.CCOC(=O)C(=O)CC(=O)Cc1ccc(F)cc1.CCOC(=O)C(=O)OCC. The molecule has 0 atom stereocenters. The van der Waals surface area contributed by atoms with Gasteiger partial charge in [0.1, 0.15) is 23.2 Å². The van der Waals surface area contributed by atoms with Crippen molar-refractivity contribution in [3.05, 3.63) is 71.3 Å². The molecule has 0 spiro atoms. The summed E-state index contributed by atoms with van der Waals surface area (Å²) in [7, 11) is 0. The van der Waals surface area contributed by atoms with Crippen molar-refractivity contribution in [1.29, 1.82) is 0 Å². The van der Waals surface area contributed by atoms with Crippen molar-refractivity contribution >= 4 is 35.3 Å². The maximum atomic E-state index is 12.6. The zero-order valence-corrected chi connectivity index (χ0v) is 22.3. The van der Waals surface area contributed by atoms with Gasteiger partial charge in [0, 0.05) is 12.8 Å². The fraction of sp³-hybridized carbons (Fsp3) is 0.357. The summed E-state index contributed by atoms with van der Waals surface area (Å²) in [5.74, 6) is -4.68. The predicted octanol–water partition coefficient (Wildman–Crippen LogP) is 3.53. The van der Waals surface area contributed by atoms with Gasteiger partial charge in [-0.15, -0.1) is 0 Å². The summed E-state index contributed by atoms with van der Waals surface area (Å²) < 4.78 is 38.1. The Morgan fingerprint density at radius 3 is 1.31 bits per heavy atom. The van der Waals surface area contributed by atoms with Gasteiger partial charge in [0.2, 0.25) is 5.78 Å². The quantitative estimate of drug-likeness (QED) is 0.189. The van der Waals surface area contributed by atoms with Gasteiger partial charge in [0.05, 0.1) is 26.2 Å². The van der Waals surface area contributed by atoms with Crippen molar-refractivity contribution in [2.45, 2.75) is 47.0 Å². The zero-order valence-electron chi connectivity index (χ0n) is 22.3. The van der Waals surface area contributed by atoms with Crippen LogP contribution in [-0.2, 0) is 55.8 Å². The van der Waals surface area contributed by atoms with Crippen LogP contribution in [0.5, 0.6) is 0 Å². The summed E-state index contributed by atoms with van der Waals surface area (Å²) in [6.07, 6.45) is -0.109. The van der Waals surface area contributed by atoms with E-state index in [2.05, 4.69) is 14.2 Å². The van der Waals surface area contributed by atoms with Gasteiger partial charge in [0.15, 0.2) is 0 Å². The first-order chi connectivity index (χ1) is 18.4. The van der Waals surface area contributed by atoms with Crippen LogP contribution in [0.1, 0.15) is 45.2 Å². The Bertz CT molecular complexity index is 1080. The number of carbonyl (C=O) groups is 6. The average molecular weight is 551 g/mol. The first-order valence-corrected chi connectivity index (χ1v) is 12.0. The van der Waals surface area contributed by atoms with Crippen molar-refractivity contribution in [2.75, 3.05) is 19.8 Å². The molecule has 2 rings (SSSR count). The standard InChI is InChI=1S/C13H13FO4.C9H9FO.C6H10O4/c1-2-18-13(17)12(16)8-11(15)7-9-3-5-10(14)6-4-9;1-7(11)6-8-2-4-9(10)5-3-8;1-3-9-5(7)6(8)10-4-2/h3-6H,2,7-8H2,1H3;2-5H,6H2,1H3;3-4H2,1-2H3. The third-order valence-corrected chi connectivity index (χ3v) is 4.26. The van der Waals surface area contributed by atoms with Gasteiger partial charge < -0.3 is 14.2 Å². The molecule has 0 aromatic heterocycles. The van der Waals surface area contributed by atoms with Crippen molar-refractivity contribution < 1.29 is 51.8 Å². The van der Waals surface area contributed by atoms with Crippen molar-refractivity contribution in [3.8, 4) is 0 Å². The number of halogens is 2. The summed E-state index contributed by atoms with van der Waals surface area (Å²) in [6.45, 7) is 6.81. The summed E-state index contributed by atoms with van der Waals surface area (Å²) in [6, 6.07) is 11.3. The van der Waals surface area contributed by atoms with Gasteiger partial charge in [0.25, 0.3) is 0 Å². The fourth-order valence-electron chi connectivity index (χ4n) is 2.63. The maximum Gasteiger partial charge on any atom is 0.417 e. The van der Waals surface area contributed by atoms with Crippen LogP contribution in [0, 0.1) is 11.6 Å². The molecule has 0 bridgehead atoms. The third-order valence-electron chi connectivity index (χ3n) is 4.26. The normalized spacial score (nSPS) is 9.49. The fourth-order valence-corrected chi connectivity index (χ4v) is 2.63. The van der Waals surface area contributed by atoms with E-state index in [0.29, 0.717) is 12.0 Å². The van der Waals surface area contributed by atoms with E-state index in [-0.39, 0.29) is 37.8 Å². The Hall–Kier alpha value is -4.28. The third kappa shape index (κ3) is 17.0. The molecule has 39 heavy (non-hydrogen) atoms. The molecule has 0 aliphatic heterocycles. The molecule has 0 N–H and O–H groups in total. The summed E-state index contributed by atoms with van der Waals surface area (Å²) in [4.78, 5) is 65.2. The van der Waals surface area contributed by atoms with E-state index in [1.807, 2.05) is 0 Å². The molecular formula is C28H32F2O9. The predicted molar refractivity (Wildman–Crippen MR) is 135 cm³/mol. The van der Waals surface area contributed by atoms with E-state index >= 15 is 0 Å². The second-order valence-electron chi connectivity index (χ2n) is 7.61. The molecule has 2 aromatic carbocycles. The second kappa shape index (κ2) is 19.8. The Balaban J connectivity index is 0.000000593.